The van der Waals surface area contributed by atoms with Crippen LogP contribution in [-0.4, -0.2) is 88.0 Å². The predicted molar refractivity (Wildman–Crippen MR) is 237 cm³/mol. The molecule has 0 saturated carbocycles. The van der Waals surface area contributed by atoms with Crippen LogP contribution in [0.1, 0.15) is 84.3 Å². The maximum Gasteiger partial charge on any atom is 0.309 e. The molecule has 1 aromatic heterocycles. The molecule has 0 fully saturated rings. The van der Waals surface area contributed by atoms with E-state index in [1.165, 1.54) is 33.5 Å². The van der Waals surface area contributed by atoms with Crippen LogP contribution in [0.25, 0.3) is 21.9 Å². The first-order valence-electron chi connectivity index (χ1n) is 20.3. The van der Waals surface area contributed by atoms with Crippen LogP contribution in [0, 0.1) is 11.8 Å². The average Bonchev–Trinajstić information content (AvgIpc) is 3.21. The standard InChI is InChI=1S/C45H61N5O12/c1-25(2)13-15-32-34(60-23-30(51)19-28(43(55)58-7)11-9-17-49-27(5)46)21-36-39(40(32)53)41(54)38-33(16-14-26(3)4)42(57-6)37(22-35(38)62-36)61-24-31(52)20-29(44(56)59-8)12-10-18-50-45(47)48/h13-14,21-22,28-29,53H,9-12,15-20,23-24H2,1-8H3,(H2,46,49)(H4,47,48,50). The maximum atomic E-state index is 14.6. The number of esters is 2. The van der Waals surface area contributed by atoms with Crippen LogP contribution in [0.4, 0.5) is 0 Å². The van der Waals surface area contributed by atoms with Crippen molar-refractivity contribution in [1.29, 1.82) is 0 Å². The van der Waals surface area contributed by atoms with Gasteiger partial charge >= 0.3 is 11.9 Å². The lowest BCUT2D eigenvalue weighted by Gasteiger charge is -2.18. The summed E-state index contributed by atoms with van der Waals surface area (Å²) in [5, 5.41) is 11.8. The number of fused-ring (bicyclic) bond motifs is 2. The third-order valence-electron chi connectivity index (χ3n) is 9.82. The zero-order chi connectivity index (χ0) is 46.1. The number of aliphatic imine (C=N–C) groups is 2. The van der Waals surface area contributed by atoms with E-state index >= 15 is 0 Å². The number of hydrogen-bond donors (Lipinski definition) is 4. The minimum absolute atomic E-state index is 0.0476. The molecule has 7 N–H and O–H groups in total. The van der Waals surface area contributed by atoms with Gasteiger partial charge in [0.25, 0.3) is 0 Å². The first kappa shape index (κ1) is 50.0. The Kier molecular flexibility index (Phi) is 19.5. The monoisotopic (exact) mass is 863 g/mol. The van der Waals surface area contributed by atoms with E-state index in [0.29, 0.717) is 43.6 Å². The molecular formula is C45H61N5O12. The second-order valence-electron chi connectivity index (χ2n) is 15.4. The van der Waals surface area contributed by atoms with E-state index < -0.39 is 59.7 Å². The minimum Gasteiger partial charge on any atom is -0.507 e. The number of carbonyl (C=O) groups is 4. The molecule has 0 aliphatic carbocycles. The Morgan fingerprint density at radius 2 is 1.21 bits per heavy atom. The summed E-state index contributed by atoms with van der Waals surface area (Å²) < 4.78 is 34.0. The molecule has 0 spiro atoms. The highest BCUT2D eigenvalue weighted by atomic mass is 16.5. The molecule has 1 heterocycles. The van der Waals surface area contributed by atoms with E-state index in [9.17, 15) is 29.1 Å². The van der Waals surface area contributed by atoms with Crippen molar-refractivity contribution < 1.29 is 52.4 Å². The normalized spacial score (nSPS) is 12.2. The number of Topliss-reactive ketones (excluding diaryl/α,β-unsaturated/α-hetero) is 2. The summed E-state index contributed by atoms with van der Waals surface area (Å²) in [6.07, 6.45) is 5.30. The summed E-state index contributed by atoms with van der Waals surface area (Å²) in [6, 6.07) is 2.86. The van der Waals surface area contributed by atoms with E-state index in [0.717, 1.165) is 11.1 Å². The number of nitrogens with zero attached hydrogens (tertiary/aromatic N) is 2. The summed E-state index contributed by atoms with van der Waals surface area (Å²) in [6.45, 7) is 8.94. The summed E-state index contributed by atoms with van der Waals surface area (Å²) in [5.41, 5.74) is 18.4. The summed E-state index contributed by atoms with van der Waals surface area (Å²) in [4.78, 5) is 74.2. The van der Waals surface area contributed by atoms with Crippen LogP contribution in [0.3, 0.4) is 0 Å². The Morgan fingerprint density at radius 1 is 0.726 bits per heavy atom. The lowest BCUT2D eigenvalue weighted by molar-refractivity contribution is -0.148. The van der Waals surface area contributed by atoms with Gasteiger partial charge < -0.3 is 50.4 Å². The fourth-order valence-electron chi connectivity index (χ4n) is 6.73. The second kappa shape index (κ2) is 24.2. The number of benzene rings is 2. The highest BCUT2D eigenvalue weighted by Gasteiger charge is 2.28. The average molecular weight is 864 g/mol. The Balaban J connectivity index is 2.10. The topological polar surface area (TPSA) is 268 Å². The van der Waals surface area contributed by atoms with E-state index in [1.807, 2.05) is 39.8 Å². The summed E-state index contributed by atoms with van der Waals surface area (Å²) in [7, 11) is 3.89. The summed E-state index contributed by atoms with van der Waals surface area (Å²) in [5.74, 6) is -3.11. The van der Waals surface area contributed by atoms with E-state index in [4.69, 9.17) is 45.3 Å². The SMILES string of the molecule is COC(=O)C(CCCN=C(C)N)CC(=O)COc1cc2oc3cc(OCC(=O)CC(CCCN=C(N)N)C(=O)OC)c(OC)c(CC=C(C)C)c3c(=O)c2c(O)c1CC=C(C)C. The van der Waals surface area contributed by atoms with Gasteiger partial charge in [-0.2, -0.15) is 0 Å². The third kappa shape index (κ3) is 14.4. The predicted octanol–water partition coefficient (Wildman–Crippen LogP) is 5.14. The molecule has 62 heavy (non-hydrogen) atoms. The van der Waals surface area contributed by atoms with Gasteiger partial charge in [0.05, 0.1) is 44.4 Å². The highest BCUT2D eigenvalue weighted by Crippen LogP contribution is 2.42. The van der Waals surface area contributed by atoms with Crippen molar-refractivity contribution >= 4 is 57.2 Å². The number of nitrogens with two attached hydrogens (primary N) is 3. The van der Waals surface area contributed by atoms with Crippen LogP contribution in [0.2, 0.25) is 0 Å². The van der Waals surface area contributed by atoms with Gasteiger partial charge in [0.1, 0.15) is 41.3 Å². The van der Waals surface area contributed by atoms with Gasteiger partial charge in [0, 0.05) is 49.2 Å². The zero-order valence-electron chi connectivity index (χ0n) is 37.0. The zero-order valence-corrected chi connectivity index (χ0v) is 37.0. The van der Waals surface area contributed by atoms with E-state index in [2.05, 4.69) is 9.98 Å². The molecular weight excluding hydrogens is 803 g/mol. The number of hydrogen-bond acceptors (Lipinski definition) is 14. The molecule has 338 valence electrons. The number of phenolic OH excluding ortho intramolecular Hbond substituents is 1. The van der Waals surface area contributed by atoms with Crippen molar-refractivity contribution in [2.24, 2.45) is 39.0 Å². The number of methoxy groups -OCH3 is 3. The first-order valence-corrected chi connectivity index (χ1v) is 20.3. The number of carbonyl (C=O) groups excluding carboxylic acids is 4. The van der Waals surface area contributed by atoms with Crippen LogP contribution >= 0.6 is 0 Å². The van der Waals surface area contributed by atoms with Gasteiger partial charge in [-0.25, -0.2) is 0 Å². The van der Waals surface area contributed by atoms with Crippen molar-refractivity contribution in [3.63, 3.8) is 0 Å². The number of aromatic hydroxyl groups is 1. The number of phenols is 1. The van der Waals surface area contributed by atoms with Gasteiger partial charge in [0.2, 0.25) is 5.43 Å². The largest absolute Gasteiger partial charge is 0.507 e. The van der Waals surface area contributed by atoms with Crippen LogP contribution in [-0.2, 0) is 41.5 Å². The maximum absolute atomic E-state index is 14.6. The minimum atomic E-state index is -0.761. The molecule has 3 aromatic rings. The molecule has 0 amide bonds. The third-order valence-corrected chi connectivity index (χ3v) is 9.82. The van der Waals surface area contributed by atoms with Crippen molar-refractivity contribution in [3.05, 3.63) is 56.8 Å². The number of ether oxygens (including phenoxy) is 5. The molecule has 2 unspecified atom stereocenters. The van der Waals surface area contributed by atoms with Crippen molar-refractivity contribution in [3.8, 4) is 23.0 Å². The Morgan fingerprint density at radius 3 is 1.69 bits per heavy atom. The molecule has 0 saturated heterocycles. The van der Waals surface area contributed by atoms with Crippen LogP contribution in [0.15, 0.2) is 54.6 Å². The smallest absolute Gasteiger partial charge is 0.309 e. The molecule has 3 rings (SSSR count). The molecule has 17 nitrogen and oxygen atoms in total. The fourth-order valence-corrected chi connectivity index (χ4v) is 6.73. The Labute approximate surface area is 361 Å². The highest BCUT2D eigenvalue weighted by molar-refractivity contribution is 5.98. The first-order chi connectivity index (χ1) is 29.4. The van der Waals surface area contributed by atoms with Crippen molar-refractivity contribution in [2.45, 2.75) is 86.0 Å². The summed E-state index contributed by atoms with van der Waals surface area (Å²) >= 11 is 0. The van der Waals surface area contributed by atoms with Gasteiger partial charge in [-0.1, -0.05) is 23.3 Å². The van der Waals surface area contributed by atoms with Crippen molar-refractivity contribution in [2.75, 3.05) is 47.6 Å². The lowest BCUT2D eigenvalue weighted by Crippen LogP contribution is -2.24. The molecule has 0 bridgehead atoms. The van der Waals surface area contributed by atoms with Gasteiger partial charge in [-0.15, -0.1) is 0 Å². The number of amidine groups is 1. The molecule has 17 heteroatoms. The number of rotatable bonds is 25. The van der Waals surface area contributed by atoms with E-state index in [1.54, 1.807) is 6.92 Å². The molecule has 0 radical (unpaired) electrons. The molecule has 2 atom stereocenters. The number of allylic oxidation sites excluding steroid dienone is 4. The van der Waals surface area contributed by atoms with Crippen molar-refractivity contribution in [1.82, 2.24) is 0 Å². The Hall–Kier alpha value is -6.39. The van der Waals surface area contributed by atoms with Gasteiger partial charge in [-0.3, -0.25) is 34.0 Å². The lowest BCUT2D eigenvalue weighted by atomic mass is 9.97. The van der Waals surface area contributed by atoms with Gasteiger partial charge in [-0.05, 0) is 73.1 Å². The molecule has 0 aliphatic rings. The quantitative estimate of drug-likeness (QED) is 0.0214. The molecule has 0 aliphatic heterocycles. The van der Waals surface area contributed by atoms with Crippen LogP contribution in [0.5, 0.6) is 23.0 Å². The van der Waals surface area contributed by atoms with E-state index in [-0.39, 0.29) is 82.9 Å². The van der Waals surface area contributed by atoms with Crippen LogP contribution < -0.4 is 36.8 Å². The molecule has 2 aromatic carbocycles. The fraction of sp³-hybridized carbons (Fsp3) is 0.489. The number of guanidine groups is 1. The van der Waals surface area contributed by atoms with Gasteiger partial charge in [0.15, 0.2) is 29.0 Å². The Bertz CT molecular complexity index is 2280. The number of ketones is 2. The second-order valence-corrected chi connectivity index (χ2v) is 15.4.